The topological polar surface area (TPSA) is 103 Å². The van der Waals surface area contributed by atoms with E-state index < -0.39 is 17.2 Å². The highest BCUT2D eigenvalue weighted by Gasteiger charge is 2.27. The lowest BCUT2D eigenvalue weighted by Crippen LogP contribution is -2.42. The Balaban J connectivity index is 2.33. The first kappa shape index (κ1) is 19.0. The minimum atomic E-state index is -0.853. The molecule has 1 unspecified atom stereocenters. The van der Waals surface area contributed by atoms with Crippen molar-refractivity contribution >= 4 is 23.7 Å². The molecule has 2 rings (SSSR count). The second kappa shape index (κ2) is 8.15. The fourth-order valence-corrected chi connectivity index (χ4v) is 3.55. The molecule has 25 heavy (non-hydrogen) atoms. The van der Waals surface area contributed by atoms with Crippen LogP contribution in [0.1, 0.15) is 26.3 Å². The number of aromatic nitrogens is 3. The zero-order valence-corrected chi connectivity index (χ0v) is 15.6. The molecule has 0 aliphatic rings. The van der Waals surface area contributed by atoms with Gasteiger partial charge in [0, 0.05) is 12.1 Å². The van der Waals surface area contributed by atoms with Crippen LogP contribution in [0, 0.1) is 12.8 Å². The molecule has 7 nitrogen and oxygen atoms in total. The number of nitrogens with one attached hydrogen (secondary N) is 1. The van der Waals surface area contributed by atoms with Gasteiger partial charge in [0.2, 0.25) is 5.91 Å². The lowest BCUT2D eigenvalue weighted by Gasteiger charge is -2.18. The number of carbonyl (C=O) groups is 2. The SMILES string of the molecule is CCn1c(SC(C(=O)NC(N)=O)C(C)C)nnc1-c1cccc(C)c1. The van der Waals surface area contributed by atoms with Gasteiger partial charge >= 0.3 is 6.03 Å². The molecule has 0 aliphatic heterocycles. The number of thioether (sulfide) groups is 1. The van der Waals surface area contributed by atoms with Gasteiger partial charge in [0.1, 0.15) is 0 Å². The van der Waals surface area contributed by atoms with Gasteiger partial charge in [-0.15, -0.1) is 10.2 Å². The van der Waals surface area contributed by atoms with E-state index in [1.807, 2.05) is 56.5 Å². The highest BCUT2D eigenvalue weighted by atomic mass is 32.2. The smallest absolute Gasteiger partial charge is 0.318 e. The maximum absolute atomic E-state index is 12.2. The summed E-state index contributed by atoms with van der Waals surface area (Å²) in [5.41, 5.74) is 7.17. The van der Waals surface area contributed by atoms with E-state index in [1.54, 1.807) is 0 Å². The summed E-state index contributed by atoms with van der Waals surface area (Å²) >= 11 is 1.29. The summed E-state index contributed by atoms with van der Waals surface area (Å²) in [6, 6.07) is 7.17. The van der Waals surface area contributed by atoms with Crippen LogP contribution < -0.4 is 11.1 Å². The van der Waals surface area contributed by atoms with Crippen LogP contribution in [-0.4, -0.2) is 32.0 Å². The number of hydrogen-bond donors (Lipinski definition) is 2. The fourth-order valence-electron chi connectivity index (χ4n) is 2.46. The fraction of sp³-hybridized carbons (Fsp3) is 0.412. The first-order valence-corrected chi connectivity index (χ1v) is 8.98. The Morgan fingerprint density at radius 3 is 2.60 bits per heavy atom. The number of carbonyl (C=O) groups excluding carboxylic acids is 2. The van der Waals surface area contributed by atoms with E-state index in [0.717, 1.165) is 17.0 Å². The van der Waals surface area contributed by atoms with Crippen molar-refractivity contribution in [3.8, 4) is 11.4 Å². The van der Waals surface area contributed by atoms with Crippen LogP contribution in [0.4, 0.5) is 4.79 Å². The van der Waals surface area contributed by atoms with Gasteiger partial charge in [-0.1, -0.05) is 49.4 Å². The van der Waals surface area contributed by atoms with Crippen LogP contribution in [-0.2, 0) is 11.3 Å². The van der Waals surface area contributed by atoms with E-state index in [2.05, 4.69) is 15.5 Å². The van der Waals surface area contributed by atoms with Crippen LogP contribution in [0.2, 0.25) is 0 Å². The molecule has 1 aromatic heterocycles. The van der Waals surface area contributed by atoms with Crippen LogP contribution >= 0.6 is 11.8 Å². The molecule has 0 saturated heterocycles. The van der Waals surface area contributed by atoms with E-state index in [4.69, 9.17) is 5.73 Å². The summed E-state index contributed by atoms with van der Waals surface area (Å²) in [6.07, 6.45) is 0. The quantitative estimate of drug-likeness (QED) is 0.770. The van der Waals surface area contributed by atoms with Crippen molar-refractivity contribution in [2.75, 3.05) is 0 Å². The number of rotatable bonds is 6. The van der Waals surface area contributed by atoms with Gasteiger partial charge in [-0.3, -0.25) is 10.1 Å². The van der Waals surface area contributed by atoms with Gasteiger partial charge in [-0.25, -0.2) is 4.79 Å². The molecule has 134 valence electrons. The van der Waals surface area contributed by atoms with Gasteiger partial charge in [0.05, 0.1) is 5.25 Å². The number of imide groups is 1. The number of primary amides is 1. The second-order valence-corrected chi connectivity index (χ2v) is 7.16. The third-order valence-electron chi connectivity index (χ3n) is 3.65. The van der Waals surface area contributed by atoms with Crippen molar-refractivity contribution in [3.05, 3.63) is 29.8 Å². The van der Waals surface area contributed by atoms with E-state index in [9.17, 15) is 9.59 Å². The first-order chi connectivity index (χ1) is 11.8. The maximum Gasteiger partial charge on any atom is 0.318 e. The van der Waals surface area contributed by atoms with Gasteiger partial charge in [-0.05, 0) is 25.8 Å². The van der Waals surface area contributed by atoms with Crippen molar-refractivity contribution in [3.63, 3.8) is 0 Å². The molecule has 3 amide bonds. The van der Waals surface area contributed by atoms with Gasteiger partial charge in [-0.2, -0.15) is 0 Å². The monoisotopic (exact) mass is 361 g/mol. The first-order valence-electron chi connectivity index (χ1n) is 8.10. The number of nitrogens with zero attached hydrogens (tertiary/aromatic N) is 3. The maximum atomic E-state index is 12.2. The molecule has 0 fully saturated rings. The average molecular weight is 361 g/mol. The molecule has 0 radical (unpaired) electrons. The van der Waals surface area contributed by atoms with Crippen molar-refractivity contribution in [1.29, 1.82) is 0 Å². The predicted octanol–water partition coefficient (Wildman–Crippen LogP) is 2.59. The lowest BCUT2D eigenvalue weighted by atomic mass is 10.1. The van der Waals surface area contributed by atoms with E-state index in [1.165, 1.54) is 11.8 Å². The minimum Gasteiger partial charge on any atom is -0.351 e. The Hall–Kier alpha value is -2.35. The zero-order chi connectivity index (χ0) is 18.6. The van der Waals surface area contributed by atoms with Gasteiger partial charge in [0.25, 0.3) is 0 Å². The molecule has 0 saturated carbocycles. The zero-order valence-electron chi connectivity index (χ0n) is 14.8. The van der Waals surface area contributed by atoms with Crippen molar-refractivity contribution in [1.82, 2.24) is 20.1 Å². The van der Waals surface area contributed by atoms with Gasteiger partial charge < -0.3 is 10.3 Å². The Morgan fingerprint density at radius 1 is 1.32 bits per heavy atom. The summed E-state index contributed by atoms with van der Waals surface area (Å²) < 4.78 is 1.96. The summed E-state index contributed by atoms with van der Waals surface area (Å²) in [7, 11) is 0. The third kappa shape index (κ3) is 4.60. The molecule has 1 heterocycles. The lowest BCUT2D eigenvalue weighted by molar-refractivity contribution is -0.120. The van der Waals surface area contributed by atoms with Crippen molar-refractivity contribution < 1.29 is 9.59 Å². The summed E-state index contributed by atoms with van der Waals surface area (Å²) in [5.74, 6) is 0.329. The molecule has 2 aromatic rings. The Bertz CT molecular complexity index is 772. The standard InChI is InChI=1S/C17H23N5O2S/c1-5-22-14(12-8-6-7-11(4)9-12)20-21-17(22)25-13(10(2)3)15(23)19-16(18)24/h6-10,13H,5H2,1-4H3,(H3,18,19,23,24). The molecule has 1 atom stereocenters. The van der Waals surface area contributed by atoms with E-state index >= 15 is 0 Å². The number of aryl methyl sites for hydroxylation is 1. The summed E-state index contributed by atoms with van der Waals surface area (Å²) in [4.78, 5) is 23.2. The number of benzene rings is 1. The molecular formula is C17H23N5O2S. The van der Waals surface area contributed by atoms with Crippen LogP contribution in [0.5, 0.6) is 0 Å². The van der Waals surface area contributed by atoms with Crippen molar-refractivity contribution in [2.45, 2.75) is 44.6 Å². The molecule has 0 bridgehead atoms. The van der Waals surface area contributed by atoms with Crippen LogP contribution in [0.25, 0.3) is 11.4 Å². The number of hydrogen-bond acceptors (Lipinski definition) is 5. The minimum absolute atomic E-state index is 0.00576. The van der Waals surface area contributed by atoms with E-state index in [-0.39, 0.29) is 5.92 Å². The van der Waals surface area contributed by atoms with Gasteiger partial charge in [0.15, 0.2) is 11.0 Å². The predicted molar refractivity (Wildman–Crippen MR) is 98.1 cm³/mol. The molecular weight excluding hydrogens is 338 g/mol. The Labute approximate surface area is 151 Å². The highest BCUT2D eigenvalue weighted by molar-refractivity contribution is 8.00. The van der Waals surface area contributed by atoms with Crippen LogP contribution in [0.15, 0.2) is 29.4 Å². The summed E-state index contributed by atoms with van der Waals surface area (Å²) in [6.45, 7) is 8.51. The second-order valence-electron chi connectivity index (χ2n) is 6.06. The van der Waals surface area contributed by atoms with Crippen LogP contribution in [0.3, 0.4) is 0 Å². The molecule has 3 N–H and O–H groups in total. The molecule has 0 spiro atoms. The molecule has 8 heteroatoms. The Kier molecular flexibility index (Phi) is 6.19. The highest BCUT2D eigenvalue weighted by Crippen LogP contribution is 2.30. The summed E-state index contributed by atoms with van der Waals surface area (Å²) in [5, 5.41) is 10.8. The van der Waals surface area contributed by atoms with E-state index in [0.29, 0.717) is 11.7 Å². The van der Waals surface area contributed by atoms with Crippen molar-refractivity contribution in [2.24, 2.45) is 11.7 Å². The number of amides is 3. The number of urea groups is 1. The largest absolute Gasteiger partial charge is 0.351 e. The Morgan fingerprint density at radius 2 is 2.04 bits per heavy atom. The molecule has 1 aromatic carbocycles. The molecule has 0 aliphatic carbocycles. The third-order valence-corrected chi connectivity index (χ3v) is 5.18. The normalized spacial score (nSPS) is 12.2. The number of nitrogens with two attached hydrogens (primary N) is 1. The average Bonchev–Trinajstić information content (AvgIpc) is 2.94.